The predicted octanol–water partition coefficient (Wildman–Crippen LogP) is 4.25. The third-order valence-corrected chi connectivity index (χ3v) is 4.31. The molecule has 0 spiro atoms. The molecule has 0 aromatic heterocycles. The van der Waals surface area contributed by atoms with Gasteiger partial charge >= 0.3 is 6.18 Å². The van der Waals surface area contributed by atoms with Gasteiger partial charge in [0.2, 0.25) is 5.91 Å². The molecule has 9 heteroatoms. The number of alkyl halides is 3. The summed E-state index contributed by atoms with van der Waals surface area (Å²) in [5, 5.41) is 2.72. The summed E-state index contributed by atoms with van der Waals surface area (Å²) < 4.78 is 43.6. The molecular formula is C19H18BrF3N2O3. The van der Waals surface area contributed by atoms with E-state index in [9.17, 15) is 22.8 Å². The monoisotopic (exact) mass is 458 g/mol. The van der Waals surface area contributed by atoms with E-state index in [1.807, 2.05) is 13.0 Å². The topological polar surface area (TPSA) is 58.6 Å². The first-order chi connectivity index (χ1) is 13.1. The first-order valence-electron chi connectivity index (χ1n) is 8.16. The van der Waals surface area contributed by atoms with E-state index in [4.69, 9.17) is 4.74 Å². The predicted molar refractivity (Wildman–Crippen MR) is 102 cm³/mol. The van der Waals surface area contributed by atoms with Crippen molar-refractivity contribution in [2.45, 2.75) is 13.1 Å². The van der Waals surface area contributed by atoms with Gasteiger partial charge in [0.1, 0.15) is 5.75 Å². The van der Waals surface area contributed by atoms with Crippen LogP contribution in [0, 0.1) is 6.92 Å². The smallest absolute Gasteiger partial charge is 0.416 e. The Morgan fingerprint density at radius 3 is 2.36 bits per heavy atom. The highest BCUT2D eigenvalue weighted by atomic mass is 79.9. The van der Waals surface area contributed by atoms with Crippen molar-refractivity contribution in [2.24, 2.45) is 0 Å². The molecule has 5 nitrogen and oxygen atoms in total. The number of nitrogens with one attached hydrogen (secondary N) is 1. The summed E-state index contributed by atoms with van der Waals surface area (Å²) in [4.78, 5) is 25.4. The van der Waals surface area contributed by atoms with Gasteiger partial charge in [-0.05, 0) is 55.0 Å². The van der Waals surface area contributed by atoms with Crippen LogP contribution in [0.15, 0.2) is 46.9 Å². The Morgan fingerprint density at radius 1 is 1.14 bits per heavy atom. The van der Waals surface area contributed by atoms with Crippen molar-refractivity contribution in [2.75, 3.05) is 25.5 Å². The van der Waals surface area contributed by atoms with Gasteiger partial charge in [0.25, 0.3) is 5.91 Å². The van der Waals surface area contributed by atoms with E-state index in [-0.39, 0.29) is 18.2 Å². The van der Waals surface area contributed by atoms with Crippen LogP contribution in [0.3, 0.4) is 0 Å². The lowest BCUT2D eigenvalue weighted by Gasteiger charge is -2.18. The van der Waals surface area contributed by atoms with E-state index in [1.54, 1.807) is 12.1 Å². The first-order valence-corrected chi connectivity index (χ1v) is 8.95. The normalized spacial score (nSPS) is 11.1. The molecule has 28 heavy (non-hydrogen) atoms. The van der Waals surface area contributed by atoms with Crippen molar-refractivity contribution >= 4 is 33.4 Å². The molecule has 1 N–H and O–H groups in total. The molecule has 2 aromatic carbocycles. The Bertz CT molecular complexity index is 854. The number of rotatable bonds is 6. The summed E-state index contributed by atoms with van der Waals surface area (Å²) in [6.45, 7) is 1.25. The van der Waals surface area contributed by atoms with E-state index >= 15 is 0 Å². The van der Waals surface area contributed by atoms with Gasteiger partial charge < -0.3 is 15.0 Å². The van der Waals surface area contributed by atoms with E-state index in [1.165, 1.54) is 11.9 Å². The number of hydrogen-bond acceptors (Lipinski definition) is 3. The maximum Gasteiger partial charge on any atom is 0.416 e. The van der Waals surface area contributed by atoms with Crippen molar-refractivity contribution in [1.29, 1.82) is 0 Å². The van der Waals surface area contributed by atoms with Crippen LogP contribution in [0.5, 0.6) is 5.75 Å². The third-order valence-electron chi connectivity index (χ3n) is 3.81. The van der Waals surface area contributed by atoms with Crippen LogP contribution in [0.2, 0.25) is 0 Å². The van der Waals surface area contributed by atoms with Crippen LogP contribution in [0.4, 0.5) is 18.9 Å². The molecule has 2 amide bonds. The summed E-state index contributed by atoms with van der Waals surface area (Å²) in [5.41, 5.74) is 0.695. The first kappa shape index (κ1) is 21.7. The van der Waals surface area contributed by atoms with Crippen LogP contribution in [0.25, 0.3) is 0 Å². The number of amides is 2. The van der Waals surface area contributed by atoms with Gasteiger partial charge in [0.15, 0.2) is 6.61 Å². The zero-order chi connectivity index (χ0) is 20.9. The Kier molecular flexibility index (Phi) is 7.06. The van der Waals surface area contributed by atoms with Crippen molar-refractivity contribution in [3.63, 3.8) is 0 Å². The molecule has 0 aliphatic heterocycles. The SMILES string of the molecule is Cc1cc(Br)ccc1NC(=O)CN(C)C(=O)COc1ccc(C(F)(F)F)cc1. The zero-order valence-corrected chi connectivity index (χ0v) is 16.7. The lowest BCUT2D eigenvalue weighted by Crippen LogP contribution is -2.37. The maximum atomic E-state index is 12.5. The second kappa shape index (κ2) is 9.09. The summed E-state index contributed by atoms with van der Waals surface area (Å²) in [6.07, 6.45) is -4.44. The molecular weight excluding hydrogens is 441 g/mol. The average Bonchev–Trinajstić information content (AvgIpc) is 2.61. The molecule has 0 saturated heterocycles. The Balaban J connectivity index is 1.84. The molecule has 0 radical (unpaired) electrons. The number of halogens is 4. The van der Waals surface area contributed by atoms with Crippen molar-refractivity contribution < 1.29 is 27.5 Å². The van der Waals surface area contributed by atoms with Crippen LogP contribution in [-0.4, -0.2) is 36.9 Å². The molecule has 2 rings (SSSR count). The van der Waals surface area contributed by atoms with Gasteiger partial charge in [-0.1, -0.05) is 15.9 Å². The standard InChI is InChI=1S/C19H18BrF3N2O3/c1-12-9-14(20)5-8-16(12)24-17(26)10-25(2)18(27)11-28-15-6-3-13(4-7-15)19(21,22)23/h3-9H,10-11H2,1-2H3,(H,24,26). The number of carbonyl (C=O) groups excluding carboxylic acids is 2. The highest BCUT2D eigenvalue weighted by Gasteiger charge is 2.30. The highest BCUT2D eigenvalue weighted by Crippen LogP contribution is 2.30. The number of ether oxygens (including phenoxy) is 1. The van der Waals surface area contributed by atoms with Crippen LogP contribution >= 0.6 is 15.9 Å². The van der Waals surface area contributed by atoms with Crippen molar-refractivity contribution in [3.05, 3.63) is 58.1 Å². The molecule has 0 fully saturated rings. The van der Waals surface area contributed by atoms with E-state index in [2.05, 4.69) is 21.2 Å². The summed E-state index contributed by atoms with van der Waals surface area (Å²) >= 11 is 3.34. The van der Waals surface area contributed by atoms with Crippen LogP contribution in [0.1, 0.15) is 11.1 Å². The molecule has 0 saturated carbocycles. The second-order valence-corrected chi connectivity index (χ2v) is 6.98. The van der Waals surface area contributed by atoms with Gasteiger partial charge in [0.05, 0.1) is 12.1 Å². The molecule has 0 aliphatic rings. The van der Waals surface area contributed by atoms with Crippen molar-refractivity contribution in [1.82, 2.24) is 4.90 Å². The second-order valence-electron chi connectivity index (χ2n) is 6.07. The highest BCUT2D eigenvalue weighted by molar-refractivity contribution is 9.10. The fourth-order valence-corrected chi connectivity index (χ4v) is 2.73. The van der Waals surface area contributed by atoms with Gasteiger partial charge in [-0.25, -0.2) is 0 Å². The molecule has 0 aliphatic carbocycles. The lowest BCUT2D eigenvalue weighted by molar-refractivity contribution is -0.137. The van der Waals surface area contributed by atoms with Crippen molar-refractivity contribution in [3.8, 4) is 5.75 Å². The fraction of sp³-hybridized carbons (Fsp3) is 0.263. The Morgan fingerprint density at radius 2 is 1.79 bits per heavy atom. The number of aryl methyl sites for hydroxylation is 1. The Labute approximate surface area is 168 Å². The van der Waals surface area contributed by atoms with Gasteiger partial charge in [-0.15, -0.1) is 0 Å². The molecule has 0 bridgehead atoms. The minimum absolute atomic E-state index is 0.129. The van der Waals surface area contributed by atoms with Gasteiger partial charge in [-0.3, -0.25) is 9.59 Å². The average molecular weight is 459 g/mol. The van der Waals surface area contributed by atoms with Crippen LogP contribution in [-0.2, 0) is 15.8 Å². The maximum absolute atomic E-state index is 12.5. The Hall–Kier alpha value is -2.55. The molecule has 2 aromatic rings. The largest absolute Gasteiger partial charge is 0.484 e. The number of carbonyl (C=O) groups is 2. The number of benzene rings is 2. The summed E-state index contributed by atoms with van der Waals surface area (Å²) in [7, 11) is 1.44. The third kappa shape index (κ3) is 6.26. The number of hydrogen-bond donors (Lipinski definition) is 1. The molecule has 0 atom stereocenters. The lowest BCUT2D eigenvalue weighted by atomic mass is 10.2. The minimum atomic E-state index is -4.44. The van der Waals surface area contributed by atoms with Crippen LogP contribution < -0.4 is 10.1 Å². The minimum Gasteiger partial charge on any atom is -0.484 e. The van der Waals surface area contributed by atoms with E-state index < -0.39 is 24.3 Å². The summed E-state index contributed by atoms with van der Waals surface area (Å²) in [5.74, 6) is -0.733. The molecule has 150 valence electrons. The zero-order valence-electron chi connectivity index (χ0n) is 15.1. The van der Waals surface area contributed by atoms with E-state index in [0.717, 1.165) is 34.3 Å². The fourth-order valence-electron chi connectivity index (χ4n) is 2.26. The quantitative estimate of drug-likeness (QED) is 0.703. The summed E-state index contributed by atoms with van der Waals surface area (Å²) in [6, 6.07) is 9.40. The van der Waals surface area contributed by atoms with E-state index in [0.29, 0.717) is 5.69 Å². The molecule has 0 heterocycles. The number of likely N-dealkylation sites (N-methyl/N-ethyl adjacent to an activating group) is 1. The molecule has 0 unspecified atom stereocenters. The number of nitrogens with zero attached hydrogens (tertiary/aromatic N) is 1. The van der Waals surface area contributed by atoms with Gasteiger partial charge in [0, 0.05) is 17.2 Å². The number of anilines is 1. The van der Waals surface area contributed by atoms with Gasteiger partial charge in [-0.2, -0.15) is 13.2 Å².